The van der Waals surface area contributed by atoms with Crippen LogP contribution in [0, 0.1) is 5.92 Å². The van der Waals surface area contributed by atoms with Crippen LogP contribution in [-0.2, 0) is 0 Å². The van der Waals surface area contributed by atoms with Gasteiger partial charge in [0.25, 0.3) is 0 Å². The Morgan fingerprint density at radius 3 is 2.11 bits per heavy atom. The van der Waals surface area contributed by atoms with E-state index in [1.807, 2.05) is 54.6 Å². The fourth-order valence-corrected chi connectivity index (χ4v) is 1.57. The van der Waals surface area contributed by atoms with Crippen LogP contribution in [0.2, 0.25) is 0 Å². The molecule has 1 aromatic carbocycles. The van der Waals surface area contributed by atoms with Gasteiger partial charge in [-0.05, 0) is 42.4 Å². The third kappa shape index (κ3) is 3.81. The smallest absolute Gasteiger partial charge is 0.0638 e. The first-order valence-electron chi connectivity index (χ1n) is 6.28. The highest BCUT2D eigenvalue weighted by atomic mass is 14.8. The van der Waals surface area contributed by atoms with Crippen LogP contribution >= 0.6 is 0 Å². The molecular weight excluding hydrogens is 220 g/mol. The zero-order chi connectivity index (χ0) is 12.8. The van der Waals surface area contributed by atoms with Gasteiger partial charge in [0, 0.05) is 6.54 Å². The van der Waals surface area contributed by atoms with E-state index in [1.54, 1.807) is 0 Å². The summed E-state index contributed by atoms with van der Waals surface area (Å²) in [6.07, 6.45) is 8.05. The molecule has 1 aliphatic carbocycles. The molecule has 0 aliphatic heterocycles. The molecule has 0 unspecified atom stereocenters. The number of aliphatic imine (C=N–C) groups is 2. The van der Waals surface area contributed by atoms with E-state index in [1.165, 1.54) is 0 Å². The second-order valence-electron chi connectivity index (χ2n) is 4.70. The van der Waals surface area contributed by atoms with Gasteiger partial charge < -0.3 is 0 Å². The average molecular weight is 238 g/mol. The Kier molecular flexibility index (Phi) is 4.24. The molecule has 0 atom stereocenters. The summed E-state index contributed by atoms with van der Waals surface area (Å²) < 4.78 is 0. The zero-order valence-corrected chi connectivity index (χ0v) is 10.9. The average Bonchev–Trinajstić information content (AvgIpc) is 2.39. The van der Waals surface area contributed by atoms with Crippen LogP contribution in [-0.4, -0.2) is 18.0 Å². The van der Waals surface area contributed by atoms with Gasteiger partial charge in [-0.2, -0.15) is 0 Å². The SMILES string of the molecule is CC(C)CN=C1C=CC(=Nc2ccccc2)C=C1. The van der Waals surface area contributed by atoms with Gasteiger partial charge in [0.2, 0.25) is 0 Å². The van der Waals surface area contributed by atoms with Crippen molar-refractivity contribution in [1.82, 2.24) is 0 Å². The summed E-state index contributed by atoms with van der Waals surface area (Å²) in [5.41, 5.74) is 2.96. The van der Waals surface area contributed by atoms with Gasteiger partial charge in [0.05, 0.1) is 17.1 Å². The van der Waals surface area contributed by atoms with Crippen LogP contribution in [0.25, 0.3) is 0 Å². The zero-order valence-electron chi connectivity index (χ0n) is 10.9. The number of rotatable bonds is 3. The van der Waals surface area contributed by atoms with E-state index in [2.05, 4.69) is 23.8 Å². The van der Waals surface area contributed by atoms with Crippen molar-refractivity contribution >= 4 is 17.1 Å². The van der Waals surface area contributed by atoms with Crippen molar-refractivity contribution in [3.05, 3.63) is 54.6 Å². The van der Waals surface area contributed by atoms with Crippen LogP contribution in [0.4, 0.5) is 5.69 Å². The van der Waals surface area contributed by atoms with Crippen LogP contribution < -0.4 is 0 Å². The molecule has 0 amide bonds. The Labute approximate surface area is 108 Å². The van der Waals surface area contributed by atoms with Crippen molar-refractivity contribution in [2.75, 3.05) is 6.54 Å². The minimum absolute atomic E-state index is 0.596. The maximum absolute atomic E-state index is 4.54. The van der Waals surface area contributed by atoms with Crippen molar-refractivity contribution in [3.8, 4) is 0 Å². The molecular formula is C16H18N2. The van der Waals surface area contributed by atoms with Crippen LogP contribution in [0.5, 0.6) is 0 Å². The number of hydrogen-bond acceptors (Lipinski definition) is 2. The Morgan fingerprint density at radius 2 is 1.50 bits per heavy atom. The summed E-state index contributed by atoms with van der Waals surface area (Å²) in [6.45, 7) is 5.21. The second kappa shape index (κ2) is 6.10. The van der Waals surface area contributed by atoms with E-state index in [9.17, 15) is 0 Å². The Hall–Kier alpha value is -1.96. The first kappa shape index (κ1) is 12.5. The minimum Gasteiger partial charge on any atom is -0.285 e. The van der Waals surface area contributed by atoms with E-state index in [-0.39, 0.29) is 0 Å². The molecule has 0 fully saturated rings. The number of para-hydroxylation sites is 1. The van der Waals surface area contributed by atoms with E-state index in [0.29, 0.717) is 5.92 Å². The largest absolute Gasteiger partial charge is 0.285 e. The summed E-state index contributed by atoms with van der Waals surface area (Å²) in [4.78, 5) is 9.05. The number of benzene rings is 1. The van der Waals surface area contributed by atoms with Crippen molar-refractivity contribution in [2.24, 2.45) is 15.9 Å². The molecule has 92 valence electrons. The lowest BCUT2D eigenvalue weighted by Crippen LogP contribution is -2.02. The lowest BCUT2D eigenvalue weighted by Gasteiger charge is -2.04. The molecule has 2 heteroatoms. The molecule has 0 spiro atoms. The van der Waals surface area contributed by atoms with Gasteiger partial charge in [0.15, 0.2) is 0 Å². The monoisotopic (exact) mass is 238 g/mol. The fraction of sp³-hybridized carbons (Fsp3) is 0.250. The quantitative estimate of drug-likeness (QED) is 0.711. The molecule has 0 saturated carbocycles. The topological polar surface area (TPSA) is 24.7 Å². The van der Waals surface area contributed by atoms with Gasteiger partial charge in [-0.1, -0.05) is 32.0 Å². The van der Waals surface area contributed by atoms with Gasteiger partial charge in [-0.25, -0.2) is 4.99 Å². The maximum atomic E-state index is 4.54. The molecule has 0 saturated heterocycles. The molecule has 1 aliphatic rings. The normalized spacial score (nSPS) is 14.2. The van der Waals surface area contributed by atoms with Gasteiger partial charge in [0.1, 0.15) is 0 Å². The van der Waals surface area contributed by atoms with E-state index < -0.39 is 0 Å². The molecule has 0 bridgehead atoms. The summed E-state index contributed by atoms with van der Waals surface area (Å²) in [6, 6.07) is 9.97. The van der Waals surface area contributed by atoms with E-state index >= 15 is 0 Å². The van der Waals surface area contributed by atoms with Crippen molar-refractivity contribution < 1.29 is 0 Å². The summed E-state index contributed by atoms with van der Waals surface area (Å²) in [5.74, 6) is 0.596. The van der Waals surface area contributed by atoms with Crippen molar-refractivity contribution in [1.29, 1.82) is 0 Å². The molecule has 2 rings (SSSR count). The van der Waals surface area contributed by atoms with Crippen molar-refractivity contribution in [3.63, 3.8) is 0 Å². The second-order valence-corrected chi connectivity index (χ2v) is 4.70. The van der Waals surface area contributed by atoms with Crippen LogP contribution in [0.3, 0.4) is 0 Å². The third-order valence-corrected chi connectivity index (χ3v) is 2.50. The highest BCUT2D eigenvalue weighted by molar-refractivity contribution is 6.18. The Morgan fingerprint density at radius 1 is 0.889 bits per heavy atom. The highest BCUT2D eigenvalue weighted by Crippen LogP contribution is 2.12. The van der Waals surface area contributed by atoms with Gasteiger partial charge >= 0.3 is 0 Å². The van der Waals surface area contributed by atoms with Crippen molar-refractivity contribution in [2.45, 2.75) is 13.8 Å². The predicted octanol–water partition coefficient (Wildman–Crippen LogP) is 3.98. The number of hydrogen-bond donors (Lipinski definition) is 0. The molecule has 18 heavy (non-hydrogen) atoms. The molecule has 0 radical (unpaired) electrons. The lowest BCUT2D eigenvalue weighted by atomic mass is 10.1. The summed E-state index contributed by atoms with van der Waals surface area (Å²) in [7, 11) is 0. The van der Waals surface area contributed by atoms with Gasteiger partial charge in [-0.3, -0.25) is 4.99 Å². The molecule has 0 aromatic heterocycles. The van der Waals surface area contributed by atoms with Crippen LogP contribution in [0.1, 0.15) is 13.8 Å². The first-order chi connectivity index (χ1) is 8.74. The van der Waals surface area contributed by atoms with E-state index in [4.69, 9.17) is 0 Å². The standard InChI is InChI=1S/C16H18N2/c1-13(2)12-17-14-8-10-16(11-9-14)18-15-6-4-3-5-7-15/h3-11,13H,12H2,1-2H3. The van der Waals surface area contributed by atoms with E-state index in [0.717, 1.165) is 23.7 Å². The maximum Gasteiger partial charge on any atom is 0.0638 e. The van der Waals surface area contributed by atoms with Crippen LogP contribution in [0.15, 0.2) is 64.6 Å². The predicted molar refractivity (Wildman–Crippen MR) is 79.0 cm³/mol. The number of nitrogens with zero attached hydrogens (tertiary/aromatic N) is 2. The first-order valence-corrected chi connectivity index (χ1v) is 6.28. The molecule has 1 aromatic rings. The molecule has 0 heterocycles. The molecule has 2 nitrogen and oxygen atoms in total. The van der Waals surface area contributed by atoms with Gasteiger partial charge in [-0.15, -0.1) is 0 Å². The summed E-state index contributed by atoms with van der Waals surface area (Å²) in [5, 5.41) is 0. The molecule has 0 N–H and O–H groups in total. The highest BCUT2D eigenvalue weighted by Gasteiger charge is 1.99. The Balaban J connectivity index is 2.05. The number of allylic oxidation sites excluding steroid dienone is 4. The summed E-state index contributed by atoms with van der Waals surface area (Å²) >= 11 is 0. The fourth-order valence-electron chi connectivity index (χ4n) is 1.57. The third-order valence-electron chi connectivity index (χ3n) is 2.50. The lowest BCUT2D eigenvalue weighted by molar-refractivity contribution is 0.666. The minimum atomic E-state index is 0.596. The Bertz CT molecular complexity index is 487.